The Balaban J connectivity index is 0.00000232. The van der Waals surface area contributed by atoms with E-state index in [2.05, 4.69) is 9.24 Å². The summed E-state index contributed by atoms with van der Waals surface area (Å²) >= 11 is 0. The van der Waals surface area contributed by atoms with Crippen LogP contribution in [0.2, 0.25) is 0 Å². The summed E-state index contributed by atoms with van der Waals surface area (Å²) in [5, 5.41) is 18.8. The van der Waals surface area contributed by atoms with Gasteiger partial charge in [0.15, 0.2) is 0 Å². The lowest BCUT2D eigenvalue weighted by molar-refractivity contribution is -0.142. The van der Waals surface area contributed by atoms with E-state index in [0.29, 0.717) is 6.16 Å². The van der Waals surface area contributed by atoms with E-state index >= 15 is 0 Å². The first-order valence-electron chi connectivity index (χ1n) is 7.54. The summed E-state index contributed by atoms with van der Waals surface area (Å²) in [5.74, 6) is -3.00. The van der Waals surface area contributed by atoms with E-state index in [-0.39, 0.29) is 19.0 Å². The maximum Gasteiger partial charge on any atom is 0.306 e. The third-order valence-electron chi connectivity index (χ3n) is 3.16. The van der Waals surface area contributed by atoms with Gasteiger partial charge in [-0.3, -0.25) is 9.59 Å². The van der Waals surface area contributed by atoms with Crippen LogP contribution in [0.1, 0.15) is 32.3 Å². The molecule has 23 heavy (non-hydrogen) atoms. The molecule has 3 unspecified atom stereocenters. The Labute approximate surface area is 140 Å². The second kappa shape index (κ2) is 10.6. The van der Waals surface area contributed by atoms with E-state index in [4.69, 9.17) is 10.2 Å². The molecule has 130 valence electrons. The van der Waals surface area contributed by atoms with Crippen molar-refractivity contribution < 1.29 is 24.4 Å². The van der Waals surface area contributed by atoms with Crippen molar-refractivity contribution in [2.24, 2.45) is 5.92 Å². The van der Waals surface area contributed by atoms with Crippen LogP contribution in [0.25, 0.3) is 0 Å². The van der Waals surface area contributed by atoms with Gasteiger partial charge in [0, 0.05) is 18.7 Å². The molecule has 0 radical (unpaired) electrons. The summed E-state index contributed by atoms with van der Waals surface area (Å²) in [6.07, 6.45) is 0.138. The summed E-state index contributed by atoms with van der Waals surface area (Å²) in [4.78, 5) is 21.7. The summed E-state index contributed by atoms with van der Waals surface area (Å²) in [6, 6.07) is 7.51. The van der Waals surface area contributed by atoms with Crippen LogP contribution in [-0.2, 0) is 20.3 Å². The van der Waals surface area contributed by atoms with Crippen LogP contribution in [0.15, 0.2) is 24.3 Å². The summed E-state index contributed by atoms with van der Waals surface area (Å²) in [5.41, 5.74) is 0.898. The van der Waals surface area contributed by atoms with Crippen molar-refractivity contribution >= 4 is 33.6 Å². The van der Waals surface area contributed by atoms with E-state index < -0.39 is 25.0 Å². The second-order valence-electron chi connectivity index (χ2n) is 5.35. The molecule has 0 saturated carbocycles. The normalized spacial score (nSPS) is 14.1. The fourth-order valence-corrected chi connectivity index (χ4v) is 4.71. The highest BCUT2D eigenvalue weighted by Crippen LogP contribution is 2.47. The minimum Gasteiger partial charge on any atom is -0.481 e. The molecular formula is C16H26O5P2. The van der Waals surface area contributed by atoms with Crippen LogP contribution < -0.4 is 5.30 Å². The van der Waals surface area contributed by atoms with E-state index in [9.17, 15) is 14.2 Å². The minimum absolute atomic E-state index is 0.00698. The molecule has 0 aliphatic carbocycles. The molecule has 0 amide bonds. The van der Waals surface area contributed by atoms with Gasteiger partial charge in [-0.05, 0) is 24.0 Å². The van der Waals surface area contributed by atoms with E-state index in [1.54, 1.807) is 6.66 Å². The number of aliphatic carboxylic acids is 2. The molecule has 2 N–H and O–H groups in total. The van der Waals surface area contributed by atoms with Crippen LogP contribution in [0.4, 0.5) is 0 Å². The standard InChI is InChI=1S/C14H20O5P2.C2H6/c1-21(19,8-10-2-5-12(20)6-3-10)9-11(14(17)18)4-7-13(15)16;1-2/h2-3,5-6,11H,4,7-9,20H2,1H3,(H,15,16)(H,17,18);1-2H3. The number of carboxylic acids is 2. The Morgan fingerprint density at radius 2 is 1.70 bits per heavy atom. The molecule has 1 aromatic rings. The molecule has 0 heterocycles. The SMILES string of the molecule is CC.CP(=O)(Cc1ccc(P)cc1)CC(CCC(=O)O)C(=O)O. The average Bonchev–Trinajstić information content (AvgIpc) is 2.47. The first-order chi connectivity index (χ1) is 10.7. The van der Waals surface area contributed by atoms with Gasteiger partial charge >= 0.3 is 11.9 Å². The predicted molar refractivity (Wildman–Crippen MR) is 97.2 cm³/mol. The van der Waals surface area contributed by atoms with E-state index in [1.807, 2.05) is 38.1 Å². The zero-order valence-electron chi connectivity index (χ0n) is 13.9. The van der Waals surface area contributed by atoms with Gasteiger partial charge < -0.3 is 14.8 Å². The molecular weight excluding hydrogens is 334 g/mol. The van der Waals surface area contributed by atoms with Gasteiger partial charge in [0.1, 0.15) is 0 Å². The van der Waals surface area contributed by atoms with Gasteiger partial charge in [0.25, 0.3) is 0 Å². The van der Waals surface area contributed by atoms with Crippen molar-refractivity contribution in [3.63, 3.8) is 0 Å². The Kier molecular flexibility index (Phi) is 10.0. The molecule has 0 spiro atoms. The van der Waals surface area contributed by atoms with Crippen molar-refractivity contribution in [3.05, 3.63) is 29.8 Å². The fraction of sp³-hybridized carbons (Fsp3) is 0.500. The Morgan fingerprint density at radius 3 is 2.13 bits per heavy atom. The Bertz CT molecular complexity index is 554. The Hall–Kier alpha value is -1.18. The number of hydrogen-bond acceptors (Lipinski definition) is 3. The third-order valence-corrected chi connectivity index (χ3v) is 5.79. The zero-order valence-corrected chi connectivity index (χ0v) is 15.9. The molecule has 3 atom stereocenters. The fourth-order valence-electron chi connectivity index (χ4n) is 2.13. The summed E-state index contributed by atoms with van der Waals surface area (Å²) < 4.78 is 12.6. The highest BCUT2D eigenvalue weighted by atomic mass is 31.2. The average molecular weight is 360 g/mol. The minimum atomic E-state index is -2.68. The van der Waals surface area contributed by atoms with Crippen molar-refractivity contribution in [1.82, 2.24) is 0 Å². The van der Waals surface area contributed by atoms with Crippen LogP contribution in [-0.4, -0.2) is 35.0 Å². The molecule has 0 aromatic heterocycles. The van der Waals surface area contributed by atoms with Crippen LogP contribution in [0, 0.1) is 5.92 Å². The molecule has 1 rings (SSSR count). The maximum atomic E-state index is 12.6. The molecule has 0 fully saturated rings. The number of benzene rings is 1. The second-order valence-corrected chi connectivity index (χ2v) is 9.29. The first kappa shape index (κ1) is 21.8. The highest BCUT2D eigenvalue weighted by Gasteiger charge is 2.27. The first-order valence-corrected chi connectivity index (χ1v) is 10.6. The third kappa shape index (κ3) is 9.53. The van der Waals surface area contributed by atoms with Crippen molar-refractivity contribution in [1.29, 1.82) is 0 Å². The van der Waals surface area contributed by atoms with Crippen molar-refractivity contribution in [2.45, 2.75) is 32.9 Å². The van der Waals surface area contributed by atoms with Crippen LogP contribution >= 0.6 is 16.4 Å². The molecule has 0 saturated heterocycles. The van der Waals surface area contributed by atoms with Crippen LogP contribution in [0.5, 0.6) is 0 Å². The maximum absolute atomic E-state index is 12.6. The number of rotatable bonds is 8. The number of hydrogen-bond donors (Lipinski definition) is 2. The highest BCUT2D eigenvalue weighted by molar-refractivity contribution is 7.62. The lowest BCUT2D eigenvalue weighted by atomic mass is 10.1. The number of carboxylic acid groups (broad SMARTS) is 2. The van der Waals surface area contributed by atoms with Gasteiger partial charge in [0.05, 0.1) is 13.1 Å². The lowest BCUT2D eigenvalue weighted by Gasteiger charge is -2.18. The van der Waals surface area contributed by atoms with Crippen LogP contribution in [0.3, 0.4) is 0 Å². The molecule has 1 aromatic carbocycles. The largest absolute Gasteiger partial charge is 0.481 e. The molecule has 0 aliphatic heterocycles. The van der Waals surface area contributed by atoms with Gasteiger partial charge in [-0.2, -0.15) is 0 Å². The lowest BCUT2D eigenvalue weighted by Crippen LogP contribution is -2.19. The van der Waals surface area contributed by atoms with E-state index in [0.717, 1.165) is 10.9 Å². The van der Waals surface area contributed by atoms with Gasteiger partial charge in [0.2, 0.25) is 0 Å². The van der Waals surface area contributed by atoms with Crippen molar-refractivity contribution in [2.75, 3.05) is 12.8 Å². The molecule has 0 aliphatic rings. The summed E-state index contributed by atoms with van der Waals surface area (Å²) in [7, 11) is -0.117. The molecule has 5 nitrogen and oxygen atoms in total. The smallest absolute Gasteiger partial charge is 0.306 e. The van der Waals surface area contributed by atoms with Gasteiger partial charge in [-0.1, -0.05) is 38.1 Å². The predicted octanol–water partition coefficient (Wildman–Crippen LogP) is 3.27. The van der Waals surface area contributed by atoms with Gasteiger partial charge in [-0.25, -0.2) is 0 Å². The quantitative estimate of drug-likeness (QED) is 0.694. The van der Waals surface area contributed by atoms with E-state index in [1.165, 1.54) is 0 Å². The number of carbonyl (C=O) groups is 2. The monoisotopic (exact) mass is 360 g/mol. The van der Waals surface area contributed by atoms with Crippen molar-refractivity contribution in [3.8, 4) is 0 Å². The molecule has 0 bridgehead atoms. The topological polar surface area (TPSA) is 91.7 Å². The van der Waals surface area contributed by atoms with Gasteiger partial charge in [-0.15, -0.1) is 9.24 Å². The molecule has 7 heteroatoms. The summed E-state index contributed by atoms with van der Waals surface area (Å²) in [6.45, 7) is 5.58. The Morgan fingerprint density at radius 1 is 1.17 bits per heavy atom. The zero-order chi connectivity index (χ0) is 18.0.